The molecule has 0 saturated carbocycles. The van der Waals surface area contributed by atoms with Crippen LogP contribution in [0.3, 0.4) is 0 Å². The third-order valence-corrected chi connectivity index (χ3v) is 3.82. The van der Waals surface area contributed by atoms with E-state index in [1.165, 1.54) is 18.2 Å². The summed E-state index contributed by atoms with van der Waals surface area (Å²) in [6, 6.07) is 4.25. The molecule has 5 nitrogen and oxygen atoms in total. The van der Waals surface area contributed by atoms with E-state index in [0.29, 0.717) is 30.4 Å². The van der Waals surface area contributed by atoms with Gasteiger partial charge in [0.05, 0.1) is 11.7 Å². The summed E-state index contributed by atoms with van der Waals surface area (Å²) in [5, 5.41) is 8.55. The molecule has 1 N–H and O–H groups in total. The zero-order valence-corrected chi connectivity index (χ0v) is 12.8. The van der Waals surface area contributed by atoms with Crippen molar-refractivity contribution in [3.63, 3.8) is 0 Å². The SMILES string of the molecule is O=C(O)COC1CCN(C(=O)c2cc(Br)ccc2F)CC1. The Morgan fingerprint density at radius 2 is 2.05 bits per heavy atom. The number of carbonyl (C=O) groups is 2. The van der Waals surface area contributed by atoms with Crippen molar-refractivity contribution in [3.05, 3.63) is 34.1 Å². The van der Waals surface area contributed by atoms with Gasteiger partial charge in [-0.1, -0.05) is 15.9 Å². The van der Waals surface area contributed by atoms with E-state index in [1.54, 1.807) is 4.90 Å². The molecule has 0 spiro atoms. The summed E-state index contributed by atoms with van der Waals surface area (Å²) in [5.74, 6) is -1.91. The van der Waals surface area contributed by atoms with Crippen LogP contribution in [0.4, 0.5) is 4.39 Å². The first-order valence-electron chi connectivity index (χ1n) is 6.55. The number of amides is 1. The van der Waals surface area contributed by atoms with Gasteiger partial charge in [-0.05, 0) is 31.0 Å². The minimum absolute atomic E-state index is 0.0364. The van der Waals surface area contributed by atoms with Crippen molar-refractivity contribution in [3.8, 4) is 0 Å². The number of hydrogen-bond donors (Lipinski definition) is 1. The van der Waals surface area contributed by atoms with Gasteiger partial charge in [0.15, 0.2) is 0 Å². The molecule has 0 atom stereocenters. The molecule has 21 heavy (non-hydrogen) atoms. The number of carbonyl (C=O) groups excluding carboxylic acids is 1. The van der Waals surface area contributed by atoms with Crippen LogP contribution in [-0.2, 0) is 9.53 Å². The predicted octanol–water partition coefficient (Wildman–Crippen LogP) is 2.29. The second kappa shape index (κ2) is 7.00. The molecule has 1 aliphatic heterocycles. The minimum Gasteiger partial charge on any atom is -0.480 e. The second-order valence-corrected chi connectivity index (χ2v) is 5.74. The summed E-state index contributed by atoms with van der Waals surface area (Å²) in [5.41, 5.74) is 0.0364. The molecule has 1 heterocycles. The Labute approximate surface area is 129 Å². The number of aliphatic carboxylic acids is 1. The summed E-state index contributed by atoms with van der Waals surface area (Å²) in [4.78, 5) is 24.3. The van der Waals surface area contributed by atoms with Gasteiger partial charge in [-0.2, -0.15) is 0 Å². The van der Waals surface area contributed by atoms with Gasteiger partial charge in [-0.3, -0.25) is 4.79 Å². The van der Waals surface area contributed by atoms with E-state index in [1.807, 2.05) is 0 Å². The number of hydrogen-bond acceptors (Lipinski definition) is 3. The molecule has 114 valence electrons. The molecule has 1 amide bonds. The summed E-state index contributed by atoms with van der Waals surface area (Å²) >= 11 is 3.22. The largest absolute Gasteiger partial charge is 0.480 e. The lowest BCUT2D eigenvalue weighted by atomic mass is 10.1. The number of rotatable bonds is 4. The van der Waals surface area contributed by atoms with E-state index in [0.717, 1.165) is 0 Å². The van der Waals surface area contributed by atoms with Crippen LogP contribution in [0.25, 0.3) is 0 Å². The summed E-state index contributed by atoms with van der Waals surface area (Å²) in [6.07, 6.45) is 0.932. The molecule has 7 heteroatoms. The summed E-state index contributed by atoms with van der Waals surface area (Å²) < 4.78 is 19.6. The Hall–Kier alpha value is -1.47. The number of halogens is 2. The molecular weight excluding hydrogens is 345 g/mol. The molecule has 0 bridgehead atoms. The molecule has 0 aliphatic carbocycles. The standard InChI is InChI=1S/C14H15BrFNO4/c15-9-1-2-12(16)11(7-9)14(20)17-5-3-10(4-6-17)21-8-13(18)19/h1-2,7,10H,3-6,8H2,(H,18,19). The van der Waals surface area contributed by atoms with Crippen molar-refractivity contribution >= 4 is 27.8 Å². The van der Waals surface area contributed by atoms with Gasteiger partial charge in [0, 0.05) is 17.6 Å². The predicted molar refractivity (Wildman–Crippen MR) is 76.6 cm³/mol. The lowest BCUT2D eigenvalue weighted by Gasteiger charge is -2.31. The number of likely N-dealkylation sites (tertiary alicyclic amines) is 1. The summed E-state index contributed by atoms with van der Waals surface area (Å²) in [7, 11) is 0. The van der Waals surface area contributed by atoms with E-state index in [9.17, 15) is 14.0 Å². The van der Waals surface area contributed by atoms with Crippen molar-refractivity contribution in [2.24, 2.45) is 0 Å². The van der Waals surface area contributed by atoms with Gasteiger partial charge in [0.1, 0.15) is 12.4 Å². The van der Waals surface area contributed by atoms with Gasteiger partial charge < -0.3 is 14.7 Å². The normalized spacial score (nSPS) is 16.0. The Kier molecular flexibility index (Phi) is 5.30. The van der Waals surface area contributed by atoms with Crippen molar-refractivity contribution < 1.29 is 23.8 Å². The molecule has 0 radical (unpaired) electrons. The van der Waals surface area contributed by atoms with E-state index >= 15 is 0 Å². The average molecular weight is 360 g/mol. The number of carboxylic acids is 1. The molecule has 2 rings (SSSR count). The Morgan fingerprint density at radius 1 is 1.38 bits per heavy atom. The highest BCUT2D eigenvalue weighted by atomic mass is 79.9. The van der Waals surface area contributed by atoms with Crippen LogP contribution in [0.2, 0.25) is 0 Å². The summed E-state index contributed by atoms with van der Waals surface area (Å²) in [6.45, 7) is 0.517. The fourth-order valence-electron chi connectivity index (χ4n) is 2.25. The van der Waals surface area contributed by atoms with Crippen molar-refractivity contribution in [1.29, 1.82) is 0 Å². The van der Waals surface area contributed by atoms with Crippen LogP contribution >= 0.6 is 15.9 Å². The maximum Gasteiger partial charge on any atom is 0.329 e. The molecule has 1 saturated heterocycles. The van der Waals surface area contributed by atoms with Crippen molar-refractivity contribution in [1.82, 2.24) is 4.90 Å². The first kappa shape index (κ1) is 15.9. The number of carboxylic acid groups (broad SMARTS) is 1. The molecule has 1 aromatic carbocycles. The maximum absolute atomic E-state index is 13.7. The van der Waals surface area contributed by atoms with E-state index in [4.69, 9.17) is 9.84 Å². The second-order valence-electron chi connectivity index (χ2n) is 4.82. The number of piperidine rings is 1. The minimum atomic E-state index is -1.01. The van der Waals surface area contributed by atoms with Crippen LogP contribution in [0.15, 0.2) is 22.7 Å². The van der Waals surface area contributed by atoms with E-state index in [2.05, 4.69) is 15.9 Å². The quantitative estimate of drug-likeness (QED) is 0.895. The van der Waals surface area contributed by atoms with Gasteiger partial charge in [-0.15, -0.1) is 0 Å². The fraction of sp³-hybridized carbons (Fsp3) is 0.429. The first-order valence-corrected chi connectivity index (χ1v) is 7.34. The zero-order chi connectivity index (χ0) is 15.4. The molecular formula is C14H15BrFNO4. The van der Waals surface area contributed by atoms with Gasteiger partial charge in [0.25, 0.3) is 5.91 Å². The van der Waals surface area contributed by atoms with Gasteiger partial charge in [-0.25, -0.2) is 9.18 Å². The lowest BCUT2D eigenvalue weighted by Crippen LogP contribution is -2.41. The highest BCUT2D eigenvalue weighted by Gasteiger charge is 2.26. The molecule has 1 aromatic rings. The van der Waals surface area contributed by atoms with Crippen LogP contribution in [0, 0.1) is 5.82 Å². The average Bonchev–Trinajstić information content (AvgIpc) is 2.47. The van der Waals surface area contributed by atoms with Gasteiger partial charge in [0.2, 0.25) is 0 Å². The smallest absolute Gasteiger partial charge is 0.329 e. The van der Waals surface area contributed by atoms with Gasteiger partial charge >= 0.3 is 5.97 Å². The Bertz CT molecular complexity index is 544. The first-order chi connectivity index (χ1) is 9.97. The third-order valence-electron chi connectivity index (χ3n) is 3.33. The Balaban J connectivity index is 1.94. The van der Waals surface area contributed by atoms with Crippen LogP contribution < -0.4 is 0 Å². The van der Waals surface area contributed by atoms with Crippen molar-refractivity contribution in [2.45, 2.75) is 18.9 Å². The van der Waals surface area contributed by atoms with Crippen molar-refractivity contribution in [2.75, 3.05) is 19.7 Å². The monoisotopic (exact) mass is 359 g/mol. The van der Waals surface area contributed by atoms with E-state index < -0.39 is 11.8 Å². The fourth-order valence-corrected chi connectivity index (χ4v) is 2.61. The highest BCUT2D eigenvalue weighted by molar-refractivity contribution is 9.10. The highest BCUT2D eigenvalue weighted by Crippen LogP contribution is 2.20. The zero-order valence-electron chi connectivity index (χ0n) is 11.2. The maximum atomic E-state index is 13.7. The molecule has 0 unspecified atom stereocenters. The number of benzene rings is 1. The Morgan fingerprint density at radius 3 is 2.67 bits per heavy atom. The lowest BCUT2D eigenvalue weighted by molar-refractivity contribution is -0.145. The number of ether oxygens (including phenoxy) is 1. The third kappa shape index (κ3) is 4.25. The number of nitrogens with zero attached hydrogens (tertiary/aromatic N) is 1. The van der Waals surface area contributed by atoms with Crippen LogP contribution in [0.5, 0.6) is 0 Å². The molecule has 1 aliphatic rings. The molecule has 0 aromatic heterocycles. The van der Waals surface area contributed by atoms with E-state index in [-0.39, 0.29) is 24.2 Å². The van der Waals surface area contributed by atoms with Crippen LogP contribution in [0.1, 0.15) is 23.2 Å². The molecule has 1 fully saturated rings. The van der Waals surface area contributed by atoms with Crippen LogP contribution in [-0.4, -0.2) is 47.7 Å². The topological polar surface area (TPSA) is 66.8 Å².